The number of esters is 1. The summed E-state index contributed by atoms with van der Waals surface area (Å²) < 4.78 is 37.7. The van der Waals surface area contributed by atoms with Crippen LogP contribution in [-0.2, 0) is 18.6 Å². The summed E-state index contributed by atoms with van der Waals surface area (Å²) >= 11 is 0. The number of carbonyl (C=O) groups is 1. The molecule has 2 aromatic carbocycles. The summed E-state index contributed by atoms with van der Waals surface area (Å²) in [6, 6.07) is 12.2. The van der Waals surface area contributed by atoms with E-state index in [4.69, 9.17) is 24.3 Å². The Morgan fingerprint density at radius 1 is 1.18 bits per heavy atom. The van der Waals surface area contributed by atoms with Crippen molar-refractivity contribution in [3.63, 3.8) is 0 Å². The van der Waals surface area contributed by atoms with Crippen molar-refractivity contribution < 1.29 is 27.9 Å². The van der Waals surface area contributed by atoms with E-state index in [1.54, 1.807) is 19.3 Å². The lowest BCUT2D eigenvalue weighted by Crippen LogP contribution is -2.36. The highest BCUT2D eigenvalue weighted by molar-refractivity contribution is 7.52. The number of hydrogen-bond donors (Lipinski definition) is 2. The summed E-state index contributed by atoms with van der Waals surface area (Å²) in [5.41, 5.74) is 6.96. The zero-order chi connectivity index (χ0) is 26.9. The van der Waals surface area contributed by atoms with Crippen molar-refractivity contribution in [2.75, 3.05) is 26.6 Å². The van der Waals surface area contributed by atoms with Gasteiger partial charge < -0.3 is 24.3 Å². The van der Waals surface area contributed by atoms with Gasteiger partial charge in [0.2, 0.25) is 11.8 Å². The lowest BCUT2D eigenvalue weighted by molar-refractivity contribution is -0.142. The first-order chi connectivity index (χ1) is 18.3. The fourth-order valence-electron chi connectivity index (χ4n) is 4.54. The summed E-state index contributed by atoms with van der Waals surface area (Å²) in [4.78, 5) is 24.8. The van der Waals surface area contributed by atoms with Crippen LogP contribution in [0.1, 0.15) is 25.8 Å². The molecule has 3 N–H and O–H groups in total. The smallest absolute Gasteiger partial charge is 0.459 e. The van der Waals surface area contributed by atoms with Crippen molar-refractivity contribution in [2.24, 2.45) is 5.92 Å². The third-order valence-electron chi connectivity index (χ3n) is 6.56. The van der Waals surface area contributed by atoms with Crippen LogP contribution in [0.5, 0.6) is 11.6 Å². The van der Waals surface area contributed by atoms with Crippen molar-refractivity contribution in [1.29, 1.82) is 0 Å². The van der Waals surface area contributed by atoms with Crippen LogP contribution in [0.3, 0.4) is 0 Å². The Bertz CT molecular complexity index is 1520. The van der Waals surface area contributed by atoms with E-state index < -0.39 is 19.8 Å². The van der Waals surface area contributed by atoms with Gasteiger partial charge in [-0.2, -0.15) is 15.1 Å². The molecule has 13 heteroatoms. The fourth-order valence-corrected chi connectivity index (χ4v) is 6.13. The second-order valence-electron chi connectivity index (χ2n) is 9.14. The molecule has 38 heavy (non-hydrogen) atoms. The van der Waals surface area contributed by atoms with Gasteiger partial charge in [-0.3, -0.25) is 9.32 Å². The number of nitrogens with zero attached hydrogens (tertiary/aromatic N) is 4. The highest BCUT2D eigenvalue weighted by atomic mass is 31.2. The number of aromatic nitrogens is 4. The molecule has 1 saturated carbocycles. The van der Waals surface area contributed by atoms with E-state index in [1.165, 1.54) is 14.2 Å². The van der Waals surface area contributed by atoms with Gasteiger partial charge in [-0.1, -0.05) is 36.4 Å². The average molecular weight is 541 g/mol. The molecule has 2 aromatic heterocycles. The standard InChI is InChI=1S/C25H29N6O6P/c1-15(24(32)35-3)30-38(33,37-20-10-6-8-17-7-4-5-9-19(17)20)36-13-16-11-18(12-16)31-14-27-21-22(31)28-25(26)29-23(21)34-2/h4-10,14-16,18H,11-13H2,1-3H3,(H,30,33)(H2,26,28,29)/t15-,16?,18?,38?/m0/s1. The van der Waals surface area contributed by atoms with E-state index in [1.807, 2.05) is 41.0 Å². The molecule has 12 nitrogen and oxygen atoms in total. The maximum absolute atomic E-state index is 13.9. The summed E-state index contributed by atoms with van der Waals surface area (Å²) in [7, 11) is -1.19. The number of ether oxygens (including phenoxy) is 2. The number of fused-ring (bicyclic) bond motifs is 2. The van der Waals surface area contributed by atoms with E-state index in [9.17, 15) is 9.36 Å². The van der Waals surface area contributed by atoms with Crippen LogP contribution in [0.15, 0.2) is 48.8 Å². The van der Waals surface area contributed by atoms with Crippen LogP contribution in [0.4, 0.5) is 5.95 Å². The van der Waals surface area contributed by atoms with Crippen molar-refractivity contribution >= 4 is 41.6 Å². The largest absolute Gasteiger partial charge is 0.479 e. The molecule has 0 bridgehead atoms. The maximum Gasteiger partial charge on any atom is 0.459 e. The number of rotatable bonds is 10. The number of nitrogens with one attached hydrogen (secondary N) is 1. The van der Waals surface area contributed by atoms with Gasteiger partial charge in [-0.05, 0) is 37.1 Å². The summed E-state index contributed by atoms with van der Waals surface area (Å²) in [6.45, 7) is 1.70. The van der Waals surface area contributed by atoms with Crippen LogP contribution >= 0.6 is 7.75 Å². The third kappa shape index (κ3) is 5.15. The molecule has 1 aliphatic rings. The lowest BCUT2D eigenvalue weighted by Gasteiger charge is -2.36. The van der Waals surface area contributed by atoms with Gasteiger partial charge in [0.25, 0.3) is 0 Å². The van der Waals surface area contributed by atoms with E-state index in [0.29, 0.717) is 22.8 Å². The van der Waals surface area contributed by atoms with Gasteiger partial charge in [-0.15, -0.1) is 0 Å². The van der Waals surface area contributed by atoms with Crippen molar-refractivity contribution in [3.05, 3.63) is 48.8 Å². The topological polar surface area (TPSA) is 153 Å². The van der Waals surface area contributed by atoms with E-state index in [2.05, 4.69) is 20.0 Å². The predicted molar refractivity (Wildman–Crippen MR) is 141 cm³/mol. The Morgan fingerprint density at radius 2 is 1.95 bits per heavy atom. The Morgan fingerprint density at radius 3 is 2.71 bits per heavy atom. The number of anilines is 1. The number of methoxy groups -OCH3 is 2. The lowest BCUT2D eigenvalue weighted by atomic mass is 9.81. The van der Waals surface area contributed by atoms with Crippen molar-refractivity contribution in [1.82, 2.24) is 24.6 Å². The molecule has 0 aliphatic heterocycles. The minimum atomic E-state index is -3.96. The maximum atomic E-state index is 13.9. The first-order valence-corrected chi connectivity index (χ1v) is 13.7. The highest BCUT2D eigenvalue weighted by Gasteiger charge is 2.37. The Labute approximate surface area is 219 Å². The first-order valence-electron chi connectivity index (χ1n) is 12.1. The molecule has 2 atom stereocenters. The Hall–Kier alpha value is -3.73. The normalized spacial score (nSPS) is 19.4. The molecule has 1 aliphatic carbocycles. The second-order valence-corrected chi connectivity index (χ2v) is 10.8. The van der Waals surface area contributed by atoms with Crippen LogP contribution < -0.4 is 20.1 Å². The van der Waals surface area contributed by atoms with Gasteiger partial charge >= 0.3 is 13.7 Å². The number of benzene rings is 2. The zero-order valence-corrected chi connectivity index (χ0v) is 22.1. The quantitative estimate of drug-likeness (QED) is 0.223. The van der Waals surface area contributed by atoms with Gasteiger partial charge in [0, 0.05) is 11.4 Å². The molecule has 2 heterocycles. The highest BCUT2D eigenvalue weighted by Crippen LogP contribution is 2.49. The molecular formula is C25H29N6O6P. The molecule has 0 spiro atoms. The molecule has 1 fully saturated rings. The summed E-state index contributed by atoms with van der Waals surface area (Å²) in [5, 5.41) is 4.42. The molecule has 4 aromatic rings. The predicted octanol–water partition coefficient (Wildman–Crippen LogP) is 3.88. The molecule has 200 valence electrons. The zero-order valence-electron chi connectivity index (χ0n) is 21.2. The molecule has 0 amide bonds. The minimum absolute atomic E-state index is 0.0956. The molecule has 0 saturated heterocycles. The number of imidazole rings is 1. The van der Waals surface area contributed by atoms with Gasteiger partial charge in [-0.25, -0.2) is 9.55 Å². The molecule has 0 radical (unpaired) electrons. The summed E-state index contributed by atoms with van der Waals surface area (Å²) in [5.74, 6) is 0.329. The van der Waals surface area contributed by atoms with Gasteiger partial charge in [0.05, 0.1) is 27.2 Å². The summed E-state index contributed by atoms with van der Waals surface area (Å²) in [6.07, 6.45) is 3.16. The molecule has 1 unspecified atom stereocenters. The van der Waals surface area contributed by atoms with Crippen LogP contribution in [-0.4, -0.2) is 52.4 Å². The third-order valence-corrected chi connectivity index (χ3v) is 8.19. The van der Waals surface area contributed by atoms with Crippen LogP contribution in [0, 0.1) is 5.92 Å². The van der Waals surface area contributed by atoms with E-state index >= 15 is 0 Å². The minimum Gasteiger partial charge on any atom is -0.479 e. The Kier molecular flexibility index (Phi) is 7.20. The van der Waals surface area contributed by atoms with Crippen molar-refractivity contribution in [2.45, 2.75) is 31.8 Å². The number of nitrogen functional groups attached to an aromatic ring is 1. The van der Waals surface area contributed by atoms with Gasteiger partial charge in [0.15, 0.2) is 11.2 Å². The monoisotopic (exact) mass is 540 g/mol. The molecular weight excluding hydrogens is 511 g/mol. The fraction of sp³-hybridized carbons (Fsp3) is 0.360. The van der Waals surface area contributed by atoms with Crippen LogP contribution in [0.25, 0.3) is 21.9 Å². The average Bonchev–Trinajstić information content (AvgIpc) is 3.30. The van der Waals surface area contributed by atoms with Gasteiger partial charge in [0.1, 0.15) is 11.8 Å². The van der Waals surface area contributed by atoms with Crippen LogP contribution in [0.2, 0.25) is 0 Å². The van der Waals surface area contributed by atoms with Crippen molar-refractivity contribution in [3.8, 4) is 11.6 Å². The second kappa shape index (κ2) is 10.6. The first kappa shape index (κ1) is 25.9. The van der Waals surface area contributed by atoms with E-state index in [-0.39, 0.29) is 24.5 Å². The number of nitrogens with two attached hydrogens (primary N) is 1. The SMILES string of the molecule is COC(=O)[C@H](C)NP(=O)(OCC1CC(n2cnc3c(OC)nc(N)nc32)C1)Oc1cccc2ccccc12. The van der Waals surface area contributed by atoms with E-state index in [0.717, 1.165) is 23.6 Å². The molecule has 5 rings (SSSR count). The number of hydrogen-bond acceptors (Lipinski definition) is 10. The Balaban J connectivity index is 1.30. The number of carbonyl (C=O) groups excluding carboxylic acids is 1.